The molecule has 1 saturated carbocycles. The van der Waals surface area contributed by atoms with Crippen molar-refractivity contribution < 1.29 is 0 Å². The molecule has 0 spiro atoms. The van der Waals surface area contributed by atoms with Crippen LogP contribution in [0.3, 0.4) is 0 Å². The number of aliphatic imine (C=N–C) groups is 2. The molecule has 0 N–H and O–H groups in total. The van der Waals surface area contributed by atoms with Gasteiger partial charge >= 0.3 is 0 Å². The smallest absolute Gasteiger partial charge is 0.211 e. The van der Waals surface area contributed by atoms with Crippen molar-refractivity contribution in [1.29, 1.82) is 0 Å². The quantitative estimate of drug-likeness (QED) is 0.215. The van der Waals surface area contributed by atoms with Crippen LogP contribution < -0.4 is 4.58 Å². The third kappa shape index (κ3) is 5.10. The van der Waals surface area contributed by atoms with Crippen LogP contribution in [-0.4, -0.2) is 18.1 Å². The van der Waals surface area contributed by atoms with E-state index in [2.05, 4.69) is 77.7 Å². The van der Waals surface area contributed by atoms with E-state index in [1.54, 1.807) is 0 Å². The maximum absolute atomic E-state index is 4.84. The lowest BCUT2D eigenvalue weighted by Gasteiger charge is -2.12. The second-order valence-electron chi connectivity index (χ2n) is 8.45. The van der Waals surface area contributed by atoms with Crippen LogP contribution in [-0.2, 0) is 0 Å². The number of para-hydroxylation sites is 4. The fourth-order valence-electron chi connectivity index (χ4n) is 4.54. The lowest BCUT2D eigenvalue weighted by atomic mass is 10.0. The highest BCUT2D eigenvalue weighted by molar-refractivity contribution is 6.11. The molecule has 0 heterocycles. The Morgan fingerprint density at radius 1 is 0.500 bits per heavy atom. The van der Waals surface area contributed by atoms with Gasteiger partial charge in [-0.1, -0.05) is 72.8 Å². The molecule has 166 valence electrons. The largest absolute Gasteiger partial charge is 0.260 e. The lowest BCUT2D eigenvalue weighted by molar-refractivity contribution is 0.784. The maximum Gasteiger partial charge on any atom is 0.211 e. The molecule has 0 aromatic heterocycles. The number of hydrogen-bond donors (Lipinski definition) is 0. The highest BCUT2D eigenvalue weighted by Crippen LogP contribution is 2.32. The van der Waals surface area contributed by atoms with Gasteiger partial charge in [-0.15, -0.1) is 0 Å². The first-order valence-electron chi connectivity index (χ1n) is 11.8. The average Bonchev–Trinajstić information content (AvgIpc) is 3.31. The van der Waals surface area contributed by atoms with Gasteiger partial charge in [0.1, 0.15) is 0 Å². The first-order chi connectivity index (χ1) is 16.9. The summed E-state index contributed by atoms with van der Waals surface area (Å²) in [6.07, 6.45) is 6.32. The second kappa shape index (κ2) is 10.7. The fourth-order valence-corrected chi connectivity index (χ4v) is 4.54. The Balaban J connectivity index is 1.63. The van der Waals surface area contributed by atoms with Crippen LogP contribution in [0.15, 0.2) is 131 Å². The molecule has 2 atom stereocenters. The molecule has 2 unspecified atom stereocenters. The Kier molecular flexibility index (Phi) is 6.82. The van der Waals surface area contributed by atoms with Crippen LogP contribution in [0.25, 0.3) is 0 Å². The van der Waals surface area contributed by atoms with Crippen molar-refractivity contribution in [3.8, 4) is 0 Å². The van der Waals surface area contributed by atoms with Crippen molar-refractivity contribution in [1.82, 2.24) is 4.58 Å². The van der Waals surface area contributed by atoms with Crippen molar-refractivity contribution in [2.45, 2.75) is 12.8 Å². The van der Waals surface area contributed by atoms with E-state index in [4.69, 9.17) is 9.98 Å². The summed E-state index contributed by atoms with van der Waals surface area (Å²) in [7, 11) is 0. The predicted octanol–water partition coefficient (Wildman–Crippen LogP) is 7.79. The summed E-state index contributed by atoms with van der Waals surface area (Å²) in [6, 6.07) is 41.6. The molecule has 0 saturated heterocycles. The van der Waals surface area contributed by atoms with Gasteiger partial charge in [-0.3, -0.25) is 9.98 Å². The minimum absolute atomic E-state index is 0.216. The summed E-state index contributed by atoms with van der Waals surface area (Å²) in [4.78, 5) is 9.69. The lowest BCUT2D eigenvalue weighted by Crippen LogP contribution is -2.28. The zero-order valence-corrected chi connectivity index (χ0v) is 19.1. The average molecular weight is 443 g/mol. The Hall–Kier alpha value is -4.11. The molecule has 0 radical (unpaired) electrons. The molecule has 1 aliphatic rings. The van der Waals surface area contributed by atoms with E-state index >= 15 is 0 Å². The van der Waals surface area contributed by atoms with Crippen molar-refractivity contribution in [2.75, 3.05) is 0 Å². The van der Waals surface area contributed by atoms with Gasteiger partial charge in [0.05, 0.1) is 23.2 Å². The van der Waals surface area contributed by atoms with Gasteiger partial charge in [-0.2, -0.15) is 4.58 Å². The number of nitrogens with zero attached hydrogens (tertiary/aromatic N) is 3. The second-order valence-corrected chi connectivity index (χ2v) is 8.45. The molecule has 1 aliphatic carbocycles. The van der Waals surface area contributed by atoms with E-state index in [0.717, 1.165) is 35.6 Å². The van der Waals surface area contributed by atoms with Gasteiger partial charge in [0, 0.05) is 36.7 Å². The molecule has 1 fully saturated rings. The summed E-state index contributed by atoms with van der Waals surface area (Å²) in [6.45, 7) is 0. The minimum Gasteiger partial charge on any atom is -0.260 e. The highest BCUT2D eigenvalue weighted by atomic mass is 15.0. The first-order valence-corrected chi connectivity index (χ1v) is 11.8. The molecule has 0 aliphatic heterocycles. The van der Waals surface area contributed by atoms with E-state index in [-0.39, 0.29) is 11.8 Å². The van der Waals surface area contributed by atoms with Gasteiger partial charge in [0.25, 0.3) is 0 Å². The molecule has 0 bridgehead atoms. The molecule has 34 heavy (non-hydrogen) atoms. The number of hydrogen-bond acceptors (Lipinski definition) is 2. The summed E-state index contributed by atoms with van der Waals surface area (Å²) < 4.78 is 2.40. The van der Waals surface area contributed by atoms with Crippen molar-refractivity contribution in [3.05, 3.63) is 121 Å². The standard InChI is InChI=1S/C31H28N3/c1-5-13-27(14-6-1)32-23-25-21-22-26(24-33-28-15-7-2-8-16-28)31(25)34(29-17-9-3-10-18-29)30-19-11-4-12-20-30/h1-20,23-26H,21-22H2/q+1. The van der Waals surface area contributed by atoms with Crippen molar-refractivity contribution >= 4 is 40.9 Å². The van der Waals surface area contributed by atoms with Crippen LogP contribution >= 0.6 is 0 Å². The molecule has 0 amide bonds. The third-order valence-corrected chi connectivity index (χ3v) is 6.15. The third-order valence-electron chi connectivity index (χ3n) is 6.15. The van der Waals surface area contributed by atoms with Crippen molar-refractivity contribution in [2.24, 2.45) is 21.8 Å². The summed E-state index contributed by atoms with van der Waals surface area (Å²) in [5.74, 6) is 0.431. The minimum atomic E-state index is 0.216. The first kappa shape index (κ1) is 21.7. The summed E-state index contributed by atoms with van der Waals surface area (Å²) in [5, 5.41) is 0. The normalized spacial score (nSPS) is 18.1. The van der Waals surface area contributed by atoms with E-state index in [0.29, 0.717) is 0 Å². The maximum atomic E-state index is 4.84. The fraction of sp³-hybridized carbons (Fsp3) is 0.129. The van der Waals surface area contributed by atoms with Gasteiger partial charge in [0.2, 0.25) is 11.4 Å². The zero-order chi connectivity index (χ0) is 23.0. The number of benzene rings is 4. The van der Waals surface area contributed by atoms with Crippen LogP contribution in [0.1, 0.15) is 12.8 Å². The van der Waals surface area contributed by atoms with E-state index in [1.165, 1.54) is 5.71 Å². The van der Waals surface area contributed by atoms with E-state index < -0.39 is 0 Å². The molecular formula is C31H28N3+. The van der Waals surface area contributed by atoms with Gasteiger partial charge in [-0.05, 0) is 37.1 Å². The SMILES string of the molecule is C(=Nc1ccccc1)C1CCC(C=Nc2ccccc2)C1=[N+](c1ccccc1)c1ccccc1. The van der Waals surface area contributed by atoms with Gasteiger partial charge < -0.3 is 0 Å². The molecule has 3 heteroatoms. The van der Waals surface area contributed by atoms with Gasteiger partial charge in [0.15, 0.2) is 5.71 Å². The Morgan fingerprint density at radius 3 is 1.24 bits per heavy atom. The molecular weight excluding hydrogens is 414 g/mol. The van der Waals surface area contributed by atoms with Crippen LogP contribution in [0.5, 0.6) is 0 Å². The Bertz CT molecular complexity index is 1180. The topological polar surface area (TPSA) is 27.7 Å². The summed E-state index contributed by atoms with van der Waals surface area (Å²) >= 11 is 0. The molecule has 5 rings (SSSR count). The number of rotatable bonds is 6. The molecule has 3 nitrogen and oxygen atoms in total. The van der Waals surface area contributed by atoms with Crippen LogP contribution in [0.4, 0.5) is 22.7 Å². The zero-order valence-electron chi connectivity index (χ0n) is 19.1. The van der Waals surface area contributed by atoms with Gasteiger partial charge in [-0.25, -0.2) is 0 Å². The van der Waals surface area contributed by atoms with Crippen LogP contribution in [0.2, 0.25) is 0 Å². The monoisotopic (exact) mass is 442 g/mol. The Morgan fingerprint density at radius 2 is 0.853 bits per heavy atom. The van der Waals surface area contributed by atoms with Crippen molar-refractivity contribution in [3.63, 3.8) is 0 Å². The molecule has 4 aromatic carbocycles. The highest BCUT2D eigenvalue weighted by Gasteiger charge is 2.39. The van der Waals surface area contributed by atoms with Crippen LogP contribution in [0, 0.1) is 11.8 Å². The van der Waals surface area contributed by atoms with E-state index in [9.17, 15) is 0 Å². The predicted molar refractivity (Wildman–Crippen MR) is 145 cm³/mol. The van der Waals surface area contributed by atoms with E-state index in [1.807, 2.05) is 60.7 Å². The summed E-state index contributed by atoms with van der Waals surface area (Å²) in [5.41, 5.74) is 5.59. The Labute approximate surface area is 201 Å². The molecule has 4 aromatic rings.